The molecule has 0 spiro atoms. The lowest BCUT2D eigenvalue weighted by molar-refractivity contribution is 0.613. The van der Waals surface area contributed by atoms with Crippen molar-refractivity contribution in [1.82, 2.24) is 0 Å². The Kier molecular flexibility index (Phi) is 1.80. The summed E-state index contributed by atoms with van der Waals surface area (Å²) in [5.74, 6) is 0.709. The fourth-order valence-corrected chi connectivity index (χ4v) is 2.14. The molecule has 0 saturated carbocycles. The number of para-hydroxylation sites is 1. The van der Waals surface area contributed by atoms with Gasteiger partial charge in [0.05, 0.1) is 0 Å². The van der Waals surface area contributed by atoms with Gasteiger partial charge >= 0.3 is 0 Å². The second-order valence-corrected chi connectivity index (χ2v) is 3.54. The van der Waals surface area contributed by atoms with Crippen molar-refractivity contribution < 1.29 is 0 Å². The predicted molar refractivity (Wildman–Crippen MR) is 52.6 cm³/mol. The van der Waals surface area contributed by atoms with E-state index in [4.69, 9.17) is 0 Å². The van der Waals surface area contributed by atoms with Crippen LogP contribution in [0.2, 0.25) is 0 Å². The van der Waals surface area contributed by atoms with Gasteiger partial charge in [0.25, 0.3) is 0 Å². The van der Waals surface area contributed by atoms with Crippen LogP contribution in [0.5, 0.6) is 0 Å². The summed E-state index contributed by atoms with van der Waals surface area (Å²) in [7, 11) is 0. The average molecular weight is 161 g/mol. The first-order valence-corrected chi connectivity index (χ1v) is 4.68. The van der Waals surface area contributed by atoms with Crippen LogP contribution in [-0.4, -0.2) is 6.04 Å². The zero-order valence-electron chi connectivity index (χ0n) is 7.67. The van der Waals surface area contributed by atoms with Gasteiger partial charge in [-0.1, -0.05) is 25.1 Å². The highest BCUT2D eigenvalue weighted by Crippen LogP contribution is 2.37. The summed E-state index contributed by atoms with van der Waals surface area (Å²) in [4.78, 5) is 0. The van der Waals surface area contributed by atoms with Crippen molar-refractivity contribution in [3.8, 4) is 0 Å². The third-order valence-electron chi connectivity index (χ3n) is 2.79. The molecule has 0 saturated heterocycles. The van der Waals surface area contributed by atoms with E-state index in [0.717, 1.165) is 0 Å². The molecule has 64 valence electrons. The van der Waals surface area contributed by atoms with Crippen molar-refractivity contribution in [3.05, 3.63) is 29.8 Å². The Bertz CT molecular complexity index is 280. The van der Waals surface area contributed by atoms with Crippen LogP contribution >= 0.6 is 0 Å². The van der Waals surface area contributed by atoms with Gasteiger partial charge in [0.1, 0.15) is 0 Å². The van der Waals surface area contributed by atoms with Crippen molar-refractivity contribution in [2.75, 3.05) is 5.32 Å². The van der Waals surface area contributed by atoms with Crippen molar-refractivity contribution in [1.29, 1.82) is 0 Å². The first-order valence-electron chi connectivity index (χ1n) is 4.68. The van der Waals surface area contributed by atoms with Crippen LogP contribution in [0.3, 0.4) is 0 Å². The van der Waals surface area contributed by atoms with Crippen LogP contribution < -0.4 is 5.32 Å². The first kappa shape index (κ1) is 7.66. The summed E-state index contributed by atoms with van der Waals surface area (Å²) < 4.78 is 0. The lowest BCUT2D eigenvalue weighted by atomic mass is 9.94. The lowest BCUT2D eigenvalue weighted by Crippen LogP contribution is -2.14. The fourth-order valence-electron chi connectivity index (χ4n) is 2.14. The Morgan fingerprint density at radius 3 is 2.83 bits per heavy atom. The van der Waals surface area contributed by atoms with Crippen LogP contribution in [0.1, 0.15) is 31.7 Å². The zero-order valence-corrected chi connectivity index (χ0v) is 7.67. The predicted octanol–water partition coefficient (Wildman–Crippen LogP) is 2.99. The van der Waals surface area contributed by atoms with E-state index in [9.17, 15) is 0 Å². The Balaban J connectivity index is 2.40. The largest absolute Gasteiger partial charge is 0.382 e. The van der Waals surface area contributed by atoms with Crippen LogP contribution in [0, 0.1) is 0 Å². The summed E-state index contributed by atoms with van der Waals surface area (Å²) in [6.07, 6.45) is 1.23. The number of rotatable bonds is 1. The quantitative estimate of drug-likeness (QED) is 0.667. The molecule has 2 rings (SSSR count). The minimum Gasteiger partial charge on any atom is -0.382 e. The molecule has 0 aromatic heterocycles. The standard InChI is InChI=1S/C11H15N/c1-3-9-8(2)12-11-7-5-4-6-10(9)11/h4-9,12H,3H2,1-2H3/t8-,9-/m0/s1. The maximum absolute atomic E-state index is 3.50. The van der Waals surface area contributed by atoms with E-state index < -0.39 is 0 Å². The van der Waals surface area contributed by atoms with E-state index >= 15 is 0 Å². The molecule has 1 aliphatic rings. The third-order valence-corrected chi connectivity index (χ3v) is 2.79. The monoisotopic (exact) mass is 161 g/mol. The average Bonchev–Trinajstić information content (AvgIpc) is 2.40. The number of anilines is 1. The van der Waals surface area contributed by atoms with E-state index in [1.807, 2.05) is 0 Å². The second kappa shape index (κ2) is 2.81. The highest BCUT2D eigenvalue weighted by molar-refractivity contribution is 5.58. The SMILES string of the molecule is CC[C@@H]1c2ccccc2N[C@H]1C. The van der Waals surface area contributed by atoms with Gasteiger partial charge in [-0.15, -0.1) is 0 Å². The number of nitrogens with one attached hydrogen (secondary N) is 1. The fraction of sp³-hybridized carbons (Fsp3) is 0.455. The van der Waals surface area contributed by atoms with Gasteiger partial charge in [0, 0.05) is 17.6 Å². The molecule has 12 heavy (non-hydrogen) atoms. The van der Waals surface area contributed by atoms with Crippen LogP contribution in [-0.2, 0) is 0 Å². The minimum absolute atomic E-state index is 0.604. The van der Waals surface area contributed by atoms with Gasteiger partial charge in [0.2, 0.25) is 0 Å². The van der Waals surface area contributed by atoms with Crippen LogP contribution in [0.15, 0.2) is 24.3 Å². The number of fused-ring (bicyclic) bond motifs is 1. The van der Waals surface area contributed by atoms with Gasteiger partial charge in [0.15, 0.2) is 0 Å². The molecule has 0 unspecified atom stereocenters. The molecule has 1 heteroatoms. The van der Waals surface area contributed by atoms with Crippen molar-refractivity contribution in [3.63, 3.8) is 0 Å². The highest BCUT2D eigenvalue weighted by atomic mass is 15.0. The minimum atomic E-state index is 0.604. The van der Waals surface area contributed by atoms with Gasteiger partial charge in [-0.3, -0.25) is 0 Å². The smallest absolute Gasteiger partial charge is 0.0378 e. The normalized spacial score (nSPS) is 26.5. The molecule has 1 nitrogen and oxygen atoms in total. The molecule has 0 amide bonds. The molecule has 0 bridgehead atoms. The van der Waals surface area contributed by atoms with E-state index in [0.29, 0.717) is 12.0 Å². The molecular weight excluding hydrogens is 146 g/mol. The lowest BCUT2D eigenvalue weighted by Gasteiger charge is -2.12. The summed E-state index contributed by atoms with van der Waals surface area (Å²) in [5.41, 5.74) is 2.82. The highest BCUT2D eigenvalue weighted by Gasteiger charge is 2.26. The molecule has 0 aliphatic carbocycles. The second-order valence-electron chi connectivity index (χ2n) is 3.54. The molecule has 1 heterocycles. The number of hydrogen-bond acceptors (Lipinski definition) is 1. The molecule has 1 aliphatic heterocycles. The summed E-state index contributed by atoms with van der Waals surface area (Å²) in [6, 6.07) is 9.23. The third kappa shape index (κ3) is 1.01. The molecule has 0 radical (unpaired) electrons. The zero-order chi connectivity index (χ0) is 8.55. The van der Waals surface area contributed by atoms with Crippen LogP contribution in [0.25, 0.3) is 0 Å². The Hall–Kier alpha value is -0.980. The molecule has 1 aromatic carbocycles. The molecule has 2 atom stereocenters. The van der Waals surface area contributed by atoms with Crippen molar-refractivity contribution in [2.45, 2.75) is 32.2 Å². The number of hydrogen-bond donors (Lipinski definition) is 1. The Labute approximate surface area is 73.8 Å². The van der Waals surface area contributed by atoms with Gasteiger partial charge in [-0.25, -0.2) is 0 Å². The Morgan fingerprint density at radius 1 is 1.33 bits per heavy atom. The van der Waals surface area contributed by atoms with Crippen LogP contribution in [0.4, 0.5) is 5.69 Å². The van der Waals surface area contributed by atoms with Gasteiger partial charge in [-0.05, 0) is 25.0 Å². The van der Waals surface area contributed by atoms with Gasteiger partial charge in [-0.2, -0.15) is 0 Å². The summed E-state index contributed by atoms with van der Waals surface area (Å²) >= 11 is 0. The molecule has 1 aromatic rings. The van der Waals surface area contributed by atoms with Gasteiger partial charge < -0.3 is 5.32 Å². The summed E-state index contributed by atoms with van der Waals surface area (Å²) in [6.45, 7) is 4.51. The maximum Gasteiger partial charge on any atom is 0.0378 e. The molecular formula is C11H15N. The number of benzene rings is 1. The summed E-state index contributed by atoms with van der Waals surface area (Å²) in [5, 5.41) is 3.50. The van der Waals surface area contributed by atoms with Crippen molar-refractivity contribution >= 4 is 5.69 Å². The van der Waals surface area contributed by atoms with E-state index in [1.54, 1.807) is 0 Å². The van der Waals surface area contributed by atoms with E-state index in [2.05, 4.69) is 43.4 Å². The molecule has 0 fully saturated rings. The maximum atomic E-state index is 3.50. The van der Waals surface area contributed by atoms with E-state index in [-0.39, 0.29) is 0 Å². The first-order chi connectivity index (χ1) is 5.83. The van der Waals surface area contributed by atoms with E-state index in [1.165, 1.54) is 17.7 Å². The topological polar surface area (TPSA) is 12.0 Å². The van der Waals surface area contributed by atoms with Crippen molar-refractivity contribution in [2.24, 2.45) is 0 Å². The molecule has 1 N–H and O–H groups in total. The Morgan fingerprint density at radius 2 is 2.08 bits per heavy atom.